The van der Waals surface area contributed by atoms with Gasteiger partial charge in [-0.15, -0.1) is 11.3 Å². The zero-order valence-electron chi connectivity index (χ0n) is 17.1. The molecule has 4 rings (SSSR count). The number of carbonyl (C=O) groups is 1. The van der Waals surface area contributed by atoms with Gasteiger partial charge in [-0.25, -0.2) is 4.68 Å². The van der Waals surface area contributed by atoms with Crippen molar-refractivity contribution in [2.45, 2.75) is 39.2 Å². The maximum absolute atomic E-state index is 13.0. The van der Waals surface area contributed by atoms with E-state index in [0.29, 0.717) is 12.1 Å². The quantitative estimate of drug-likeness (QED) is 0.631. The summed E-state index contributed by atoms with van der Waals surface area (Å²) in [7, 11) is 0. The molecule has 29 heavy (non-hydrogen) atoms. The molecule has 1 aliphatic heterocycles. The third-order valence-electron chi connectivity index (χ3n) is 5.64. The van der Waals surface area contributed by atoms with Gasteiger partial charge in [0.25, 0.3) is 5.91 Å². The van der Waals surface area contributed by atoms with Gasteiger partial charge in [-0.3, -0.25) is 9.69 Å². The second-order valence-corrected chi connectivity index (χ2v) is 8.57. The Morgan fingerprint density at radius 2 is 1.97 bits per heavy atom. The van der Waals surface area contributed by atoms with Crippen LogP contribution >= 0.6 is 11.3 Å². The van der Waals surface area contributed by atoms with E-state index >= 15 is 0 Å². The molecule has 0 bridgehead atoms. The summed E-state index contributed by atoms with van der Waals surface area (Å²) >= 11 is 1.77. The SMILES string of the molecule is CCc1c(C(=O)NCC(c2cccs2)N2CCCC2)cnn1-c1ccc(C)cc1. The lowest BCUT2D eigenvalue weighted by atomic mass is 10.1. The fourth-order valence-corrected chi connectivity index (χ4v) is 4.90. The molecule has 1 fully saturated rings. The molecule has 0 aliphatic carbocycles. The van der Waals surface area contributed by atoms with Crippen molar-refractivity contribution in [1.29, 1.82) is 0 Å². The number of aromatic nitrogens is 2. The van der Waals surface area contributed by atoms with Crippen molar-refractivity contribution < 1.29 is 4.79 Å². The smallest absolute Gasteiger partial charge is 0.254 e. The molecule has 3 heterocycles. The van der Waals surface area contributed by atoms with E-state index in [1.54, 1.807) is 17.5 Å². The molecular formula is C23H28N4OS. The predicted molar refractivity (Wildman–Crippen MR) is 118 cm³/mol. The highest BCUT2D eigenvalue weighted by atomic mass is 32.1. The first kappa shape index (κ1) is 19.9. The van der Waals surface area contributed by atoms with Gasteiger partial charge >= 0.3 is 0 Å². The zero-order chi connectivity index (χ0) is 20.2. The van der Waals surface area contributed by atoms with Gasteiger partial charge in [0.15, 0.2) is 0 Å². The zero-order valence-corrected chi connectivity index (χ0v) is 17.9. The number of aryl methyl sites for hydroxylation is 1. The molecule has 1 saturated heterocycles. The molecular weight excluding hydrogens is 380 g/mol. The summed E-state index contributed by atoms with van der Waals surface area (Å²) in [4.78, 5) is 16.8. The first-order valence-corrected chi connectivity index (χ1v) is 11.2. The summed E-state index contributed by atoms with van der Waals surface area (Å²) in [6, 6.07) is 12.7. The van der Waals surface area contributed by atoms with Gasteiger partial charge < -0.3 is 5.32 Å². The number of benzene rings is 1. The van der Waals surface area contributed by atoms with Gasteiger partial charge in [-0.2, -0.15) is 5.10 Å². The number of nitrogens with zero attached hydrogens (tertiary/aromatic N) is 3. The molecule has 3 aromatic rings. The molecule has 0 radical (unpaired) electrons. The summed E-state index contributed by atoms with van der Waals surface area (Å²) in [5, 5.41) is 9.81. The minimum Gasteiger partial charge on any atom is -0.350 e. The van der Waals surface area contributed by atoms with Gasteiger partial charge in [0.05, 0.1) is 29.2 Å². The van der Waals surface area contributed by atoms with Crippen LogP contribution in [0.25, 0.3) is 5.69 Å². The molecule has 152 valence electrons. The van der Waals surface area contributed by atoms with Crippen molar-refractivity contribution >= 4 is 17.2 Å². The van der Waals surface area contributed by atoms with Crippen LogP contribution in [0.4, 0.5) is 0 Å². The van der Waals surface area contributed by atoms with E-state index in [1.165, 1.54) is 23.3 Å². The first-order valence-electron chi connectivity index (χ1n) is 10.4. The van der Waals surface area contributed by atoms with Crippen LogP contribution in [-0.4, -0.2) is 40.2 Å². The number of amides is 1. The molecule has 1 aromatic carbocycles. The molecule has 1 unspecified atom stereocenters. The molecule has 1 amide bonds. The fourth-order valence-electron chi connectivity index (χ4n) is 4.04. The van der Waals surface area contributed by atoms with Crippen LogP contribution in [0.15, 0.2) is 48.0 Å². The normalized spacial score (nSPS) is 15.5. The maximum Gasteiger partial charge on any atom is 0.254 e. The van der Waals surface area contributed by atoms with E-state index in [2.05, 4.69) is 58.8 Å². The lowest BCUT2D eigenvalue weighted by Gasteiger charge is -2.26. The highest BCUT2D eigenvalue weighted by Crippen LogP contribution is 2.28. The van der Waals surface area contributed by atoms with Gasteiger partial charge in [-0.1, -0.05) is 30.7 Å². The van der Waals surface area contributed by atoms with E-state index in [9.17, 15) is 4.79 Å². The summed E-state index contributed by atoms with van der Waals surface area (Å²) in [6.45, 7) is 6.96. The van der Waals surface area contributed by atoms with E-state index in [4.69, 9.17) is 0 Å². The number of hydrogen-bond donors (Lipinski definition) is 1. The molecule has 5 nitrogen and oxygen atoms in total. The second-order valence-electron chi connectivity index (χ2n) is 7.59. The van der Waals surface area contributed by atoms with Crippen LogP contribution < -0.4 is 5.32 Å². The highest BCUT2D eigenvalue weighted by Gasteiger charge is 2.25. The molecule has 6 heteroatoms. The van der Waals surface area contributed by atoms with Crippen molar-refractivity contribution in [3.63, 3.8) is 0 Å². The van der Waals surface area contributed by atoms with Crippen LogP contribution in [0.2, 0.25) is 0 Å². The fraction of sp³-hybridized carbons (Fsp3) is 0.391. The number of nitrogens with one attached hydrogen (secondary N) is 1. The Kier molecular flexibility index (Phi) is 6.11. The molecule has 1 N–H and O–H groups in total. The first-order chi connectivity index (χ1) is 14.2. The largest absolute Gasteiger partial charge is 0.350 e. The van der Waals surface area contributed by atoms with Crippen molar-refractivity contribution in [2.75, 3.05) is 19.6 Å². The Labute approximate surface area is 176 Å². The molecule has 2 aromatic heterocycles. The maximum atomic E-state index is 13.0. The molecule has 0 spiro atoms. The van der Waals surface area contributed by atoms with Crippen molar-refractivity contribution in [3.8, 4) is 5.69 Å². The van der Waals surface area contributed by atoms with Gasteiger partial charge in [-0.05, 0) is 62.9 Å². The third-order valence-corrected chi connectivity index (χ3v) is 6.61. The Balaban J connectivity index is 1.51. The van der Waals surface area contributed by atoms with Crippen molar-refractivity contribution in [2.24, 2.45) is 0 Å². The van der Waals surface area contributed by atoms with Crippen molar-refractivity contribution in [3.05, 3.63) is 69.7 Å². The van der Waals surface area contributed by atoms with Crippen LogP contribution in [0, 0.1) is 6.92 Å². The molecule has 1 aliphatic rings. The van der Waals surface area contributed by atoms with Gasteiger partial charge in [0.2, 0.25) is 0 Å². The summed E-state index contributed by atoms with van der Waals surface area (Å²) < 4.78 is 1.88. The number of carbonyl (C=O) groups excluding carboxylic acids is 1. The summed E-state index contributed by atoms with van der Waals surface area (Å²) in [6.07, 6.45) is 4.92. The van der Waals surface area contributed by atoms with Gasteiger partial charge in [0.1, 0.15) is 0 Å². The minimum atomic E-state index is -0.0408. The van der Waals surface area contributed by atoms with E-state index in [0.717, 1.165) is 30.9 Å². The Morgan fingerprint density at radius 1 is 1.21 bits per heavy atom. The Bertz CT molecular complexity index is 940. The Hall–Kier alpha value is -2.44. The van der Waals surface area contributed by atoms with Crippen LogP contribution in [-0.2, 0) is 6.42 Å². The van der Waals surface area contributed by atoms with E-state index in [-0.39, 0.29) is 11.9 Å². The predicted octanol–water partition coefficient (Wildman–Crippen LogP) is 4.37. The second kappa shape index (κ2) is 8.93. The standard InChI is InChI=1S/C23H28N4OS/c1-3-20-19(15-25-27(20)18-10-8-17(2)9-11-18)23(28)24-16-21(22-7-6-14-29-22)26-12-4-5-13-26/h6-11,14-15,21H,3-5,12-13,16H2,1-2H3,(H,24,28). The summed E-state index contributed by atoms with van der Waals surface area (Å²) in [5.74, 6) is -0.0408. The number of hydrogen-bond acceptors (Lipinski definition) is 4. The monoisotopic (exact) mass is 408 g/mol. The third kappa shape index (κ3) is 4.28. The van der Waals surface area contributed by atoms with Crippen molar-refractivity contribution in [1.82, 2.24) is 20.0 Å². The lowest BCUT2D eigenvalue weighted by Crippen LogP contribution is -2.36. The number of likely N-dealkylation sites (tertiary alicyclic amines) is 1. The van der Waals surface area contributed by atoms with E-state index < -0.39 is 0 Å². The van der Waals surface area contributed by atoms with Gasteiger partial charge in [0, 0.05) is 11.4 Å². The van der Waals surface area contributed by atoms with Crippen LogP contribution in [0.5, 0.6) is 0 Å². The van der Waals surface area contributed by atoms with Crippen LogP contribution in [0.1, 0.15) is 52.3 Å². The average molecular weight is 409 g/mol. The number of rotatable bonds is 7. The topological polar surface area (TPSA) is 50.2 Å². The average Bonchev–Trinajstić information content (AvgIpc) is 3.50. The number of thiophene rings is 1. The molecule has 0 saturated carbocycles. The van der Waals surface area contributed by atoms with E-state index in [1.807, 2.05) is 16.8 Å². The van der Waals surface area contributed by atoms with Crippen LogP contribution in [0.3, 0.4) is 0 Å². The summed E-state index contributed by atoms with van der Waals surface area (Å²) in [5.41, 5.74) is 3.80. The minimum absolute atomic E-state index is 0.0408. The highest BCUT2D eigenvalue weighted by molar-refractivity contribution is 7.10. The molecule has 1 atom stereocenters. The lowest BCUT2D eigenvalue weighted by molar-refractivity contribution is 0.0937. The Morgan fingerprint density at radius 3 is 2.62 bits per heavy atom.